The second-order valence-electron chi connectivity index (χ2n) is 7.67. The molecule has 1 saturated heterocycles. The largest absolute Gasteiger partial charge is 0.459 e. The van der Waals surface area contributed by atoms with E-state index in [0.717, 1.165) is 17.9 Å². The Hall–Kier alpha value is -2.04. The molecule has 2 amide bonds. The summed E-state index contributed by atoms with van der Waals surface area (Å²) in [4.78, 5) is 29.0. The predicted octanol–water partition coefficient (Wildman–Crippen LogP) is 2.31. The van der Waals surface area contributed by atoms with Gasteiger partial charge < -0.3 is 14.2 Å². The molecule has 4 bridgehead atoms. The van der Waals surface area contributed by atoms with Gasteiger partial charge in [-0.15, -0.1) is 0 Å². The molecule has 1 aromatic heterocycles. The third-order valence-corrected chi connectivity index (χ3v) is 6.37. The molecule has 0 radical (unpaired) electrons. The van der Waals surface area contributed by atoms with Crippen LogP contribution in [0.4, 0.5) is 0 Å². The fourth-order valence-corrected chi connectivity index (χ4v) is 5.25. The number of rotatable bonds is 2. The SMILES string of the molecule is O=C(C1=C2C3CC(C1)CC2C3)N1CCN(C(=O)c2ccco2)CC1. The number of amides is 2. The number of nitrogens with zero attached hydrogens (tertiary/aromatic N) is 2. The Kier molecular flexibility index (Phi) is 3.12. The van der Waals surface area contributed by atoms with Gasteiger partial charge in [0.05, 0.1) is 6.26 Å². The van der Waals surface area contributed by atoms with Crippen molar-refractivity contribution in [3.8, 4) is 0 Å². The number of carbonyl (C=O) groups excluding carboxylic acids is 2. The van der Waals surface area contributed by atoms with Crippen molar-refractivity contribution in [2.75, 3.05) is 26.2 Å². The molecular formula is C19H22N2O3. The molecule has 6 aliphatic rings. The number of allylic oxidation sites excluding steroid dienone is 1. The van der Waals surface area contributed by atoms with Crippen LogP contribution >= 0.6 is 0 Å². The molecule has 4 fully saturated rings. The van der Waals surface area contributed by atoms with Crippen LogP contribution in [0, 0.1) is 17.8 Å². The zero-order valence-corrected chi connectivity index (χ0v) is 13.7. The molecule has 0 spiro atoms. The molecule has 0 aromatic carbocycles. The Morgan fingerprint density at radius 2 is 1.62 bits per heavy atom. The Bertz CT molecular complexity index is 699. The van der Waals surface area contributed by atoms with E-state index in [9.17, 15) is 9.59 Å². The maximum absolute atomic E-state index is 13.0. The lowest BCUT2D eigenvalue weighted by molar-refractivity contribution is -0.129. The number of hydrogen-bond donors (Lipinski definition) is 0. The van der Waals surface area contributed by atoms with Crippen molar-refractivity contribution in [3.05, 3.63) is 35.3 Å². The van der Waals surface area contributed by atoms with Gasteiger partial charge in [-0.1, -0.05) is 5.57 Å². The highest BCUT2D eigenvalue weighted by Gasteiger charge is 2.49. The lowest BCUT2D eigenvalue weighted by Crippen LogP contribution is -2.52. The van der Waals surface area contributed by atoms with E-state index in [-0.39, 0.29) is 11.8 Å². The fraction of sp³-hybridized carbons (Fsp3) is 0.579. The van der Waals surface area contributed by atoms with Gasteiger partial charge in [0.1, 0.15) is 0 Å². The van der Waals surface area contributed by atoms with Crippen LogP contribution in [0.2, 0.25) is 0 Å². The summed E-state index contributed by atoms with van der Waals surface area (Å²) >= 11 is 0. The molecule has 2 atom stereocenters. The van der Waals surface area contributed by atoms with E-state index >= 15 is 0 Å². The standard InChI is InChI=1S/C19H22N2O3/c22-18(15-10-12-8-13-11-14(9-12)17(13)15)20-3-5-21(6-4-20)19(23)16-2-1-7-24-16/h1-2,7,12-14H,3-6,8-11H2. The minimum absolute atomic E-state index is 0.0768. The summed E-state index contributed by atoms with van der Waals surface area (Å²) in [6, 6.07) is 3.42. The zero-order valence-electron chi connectivity index (χ0n) is 13.7. The van der Waals surface area contributed by atoms with Crippen molar-refractivity contribution >= 4 is 11.8 Å². The molecule has 5 aliphatic carbocycles. The second-order valence-corrected chi connectivity index (χ2v) is 7.67. The normalized spacial score (nSPS) is 31.2. The number of fused-ring (bicyclic) bond motifs is 1. The van der Waals surface area contributed by atoms with Crippen molar-refractivity contribution in [3.63, 3.8) is 0 Å². The van der Waals surface area contributed by atoms with Crippen molar-refractivity contribution < 1.29 is 14.0 Å². The van der Waals surface area contributed by atoms with Crippen LogP contribution in [0.15, 0.2) is 34.0 Å². The van der Waals surface area contributed by atoms with E-state index in [0.29, 0.717) is 43.8 Å². The highest BCUT2D eigenvalue weighted by molar-refractivity contribution is 5.96. The Balaban J connectivity index is 1.26. The number of furan rings is 1. The smallest absolute Gasteiger partial charge is 0.289 e. The molecule has 24 heavy (non-hydrogen) atoms. The minimum Gasteiger partial charge on any atom is -0.459 e. The zero-order chi connectivity index (χ0) is 16.3. The summed E-state index contributed by atoms with van der Waals surface area (Å²) in [5, 5.41) is 0. The fourth-order valence-electron chi connectivity index (χ4n) is 5.25. The summed E-state index contributed by atoms with van der Waals surface area (Å²) in [7, 11) is 0. The van der Waals surface area contributed by atoms with Crippen LogP contribution in [0.1, 0.15) is 36.2 Å². The highest BCUT2D eigenvalue weighted by atomic mass is 16.3. The lowest BCUT2D eigenvalue weighted by Gasteiger charge is -2.54. The van der Waals surface area contributed by atoms with Crippen LogP contribution in [-0.2, 0) is 4.79 Å². The number of carbonyl (C=O) groups is 2. The van der Waals surface area contributed by atoms with E-state index in [4.69, 9.17) is 4.42 Å². The van der Waals surface area contributed by atoms with Gasteiger partial charge in [-0.25, -0.2) is 0 Å². The van der Waals surface area contributed by atoms with Gasteiger partial charge in [0.15, 0.2) is 5.76 Å². The lowest BCUT2D eigenvalue weighted by atomic mass is 9.51. The van der Waals surface area contributed by atoms with Gasteiger partial charge >= 0.3 is 0 Å². The Labute approximate surface area is 141 Å². The minimum atomic E-state index is -0.0768. The number of hydrogen-bond acceptors (Lipinski definition) is 3. The van der Waals surface area contributed by atoms with Crippen molar-refractivity contribution in [1.82, 2.24) is 9.80 Å². The molecule has 5 nitrogen and oxygen atoms in total. The van der Waals surface area contributed by atoms with Gasteiger partial charge in [-0.3, -0.25) is 9.59 Å². The van der Waals surface area contributed by atoms with Gasteiger partial charge in [0, 0.05) is 31.8 Å². The number of piperazine rings is 1. The molecule has 2 heterocycles. The monoisotopic (exact) mass is 326 g/mol. The second kappa shape index (κ2) is 5.23. The van der Waals surface area contributed by atoms with E-state index in [1.54, 1.807) is 17.0 Å². The summed E-state index contributed by atoms with van der Waals surface area (Å²) in [5.41, 5.74) is 2.63. The predicted molar refractivity (Wildman–Crippen MR) is 87.2 cm³/mol. The van der Waals surface area contributed by atoms with Gasteiger partial charge in [0.2, 0.25) is 5.91 Å². The summed E-state index contributed by atoms with van der Waals surface area (Å²) in [6.07, 6.45) is 6.45. The maximum atomic E-state index is 13.0. The molecule has 1 aliphatic heterocycles. The first-order chi connectivity index (χ1) is 11.7. The van der Waals surface area contributed by atoms with E-state index in [1.165, 1.54) is 31.1 Å². The molecular weight excluding hydrogens is 304 g/mol. The third kappa shape index (κ3) is 2.06. The third-order valence-electron chi connectivity index (χ3n) is 6.37. The average Bonchev–Trinajstić information content (AvgIpc) is 3.15. The van der Waals surface area contributed by atoms with Crippen molar-refractivity contribution in [2.24, 2.45) is 17.8 Å². The first kappa shape index (κ1) is 14.3. The van der Waals surface area contributed by atoms with Crippen molar-refractivity contribution in [1.29, 1.82) is 0 Å². The summed E-state index contributed by atoms with van der Waals surface area (Å²) in [6.45, 7) is 2.43. The Morgan fingerprint density at radius 3 is 2.21 bits per heavy atom. The molecule has 2 unspecified atom stereocenters. The van der Waals surface area contributed by atoms with Crippen LogP contribution in [0.25, 0.3) is 0 Å². The summed E-state index contributed by atoms with van der Waals surface area (Å²) in [5.74, 6) is 2.71. The highest BCUT2D eigenvalue weighted by Crippen LogP contribution is 2.59. The first-order valence-corrected chi connectivity index (χ1v) is 9.05. The van der Waals surface area contributed by atoms with Crippen LogP contribution < -0.4 is 0 Å². The Morgan fingerprint density at radius 1 is 0.958 bits per heavy atom. The summed E-state index contributed by atoms with van der Waals surface area (Å²) < 4.78 is 5.19. The maximum Gasteiger partial charge on any atom is 0.289 e. The van der Waals surface area contributed by atoms with Gasteiger partial charge in [0.25, 0.3) is 5.91 Å². The van der Waals surface area contributed by atoms with Gasteiger partial charge in [-0.05, 0) is 55.6 Å². The molecule has 3 saturated carbocycles. The van der Waals surface area contributed by atoms with E-state index < -0.39 is 0 Å². The van der Waals surface area contributed by atoms with Crippen LogP contribution in [0.3, 0.4) is 0 Å². The molecule has 0 N–H and O–H groups in total. The van der Waals surface area contributed by atoms with E-state index in [1.807, 2.05) is 4.90 Å². The van der Waals surface area contributed by atoms with E-state index in [2.05, 4.69) is 0 Å². The molecule has 7 rings (SSSR count). The van der Waals surface area contributed by atoms with Gasteiger partial charge in [-0.2, -0.15) is 0 Å². The van der Waals surface area contributed by atoms with Crippen molar-refractivity contribution in [2.45, 2.75) is 25.7 Å². The topological polar surface area (TPSA) is 53.8 Å². The quantitative estimate of drug-likeness (QED) is 0.838. The van der Waals surface area contributed by atoms with Crippen LogP contribution in [0.5, 0.6) is 0 Å². The van der Waals surface area contributed by atoms with Crippen LogP contribution in [-0.4, -0.2) is 47.8 Å². The molecule has 5 heteroatoms. The molecule has 1 aromatic rings. The average molecular weight is 326 g/mol. The molecule has 126 valence electrons. The first-order valence-electron chi connectivity index (χ1n) is 9.05.